The molecule has 116 valence electrons. The number of esters is 1. The highest BCUT2D eigenvalue weighted by Gasteiger charge is 2.03. The van der Waals surface area contributed by atoms with Gasteiger partial charge in [0.25, 0.3) is 0 Å². The summed E-state index contributed by atoms with van der Waals surface area (Å²) in [5, 5.41) is 2.81. The van der Waals surface area contributed by atoms with Gasteiger partial charge in [-0.1, -0.05) is 6.58 Å². The van der Waals surface area contributed by atoms with Gasteiger partial charge in [-0.15, -0.1) is 0 Å². The maximum absolute atomic E-state index is 11.6. The van der Waals surface area contributed by atoms with Crippen molar-refractivity contribution in [3.63, 3.8) is 0 Å². The second-order valence-corrected chi connectivity index (χ2v) is 4.88. The largest absolute Gasteiger partial charge is 0.462 e. The normalized spacial score (nSPS) is 10.1. The number of aromatic nitrogens is 2. The first-order valence-electron chi connectivity index (χ1n) is 7.14. The SMILES string of the molecule is C=C(C)C(=O)OCCCNC(=O)CCCCn1ccnc1. The molecule has 0 aliphatic heterocycles. The summed E-state index contributed by atoms with van der Waals surface area (Å²) in [7, 11) is 0. The quantitative estimate of drug-likeness (QED) is 0.405. The van der Waals surface area contributed by atoms with Crippen LogP contribution in [-0.2, 0) is 20.9 Å². The first-order chi connectivity index (χ1) is 10.1. The highest BCUT2D eigenvalue weighted by Crippen LogP contribution is 1.99. The van der Waals surface area contributed by atoms with Gasteiger partial charge < -0.3 is 14.6 Å². The van der Waals surface area contributed by atoms with Crippen molar-refractivity contribution < 1.29 is 14.3 Å². The molecule has 0 saturated carbocycles. The van der Waals surface area contributed by atoms with Gasteiger partial charge in [-0.2, -0.15) is 0 Å². The number of nitrogens with zero attached hydrogens (tertiary/aromatic N) is 2. The highest BCUT2D eigenvalue weighted by molar-refractivity contribution is 5.86. The Morgan fingerprint density at radius 3 is 2.81 bits per heavy atom. The predicted molar refractivity (Wildman–Crippen MR) is 79.5 cm³/mol. The van der Waals surface area contributed by atoms with Gasteiger partial charge in [-0.25, -0.2) is 9.78 Å². The van der Waals surface area contributed by atoms with Crippen LogP contribution in [0.1, 0.15) is 32.6 Å². The Kier molecular flexibility index (Phi) is 7.86. The molecule has 0 aliphatic carbocycles. The smallest absolute Gasteiger partial charge is 0.333 e. The van der Waals surface area contributed by atoms with E-state index in [1.165, 1.54) is 0 Å². The average molecular weight is 293 g/mol. The maximum atomic E-state index is 11.6. The molecule has 0 unspecified atom stereocenters. The second kappa shape index (κ2) is 9.74. The van der Waals surface area contributed by atoms with Crippen molar-refractivity contribution >= 4 is 11.9 Å². The summed E-state index contributed by atoms with van der Waals surface area (Å²) in [6.07, 6.45) is 8.33. The summed E-state index contributed by atoms with van der Waals surface area (Å²) in [5.41, 5.74) is 0.386. The third-order valence-electron chi connectivity index (χ3n) is 2.85. The zero-order valence-electron chi connectivity index (χ0n) is 12.5. The number of hydrogen-bond acceptors (Lipinski definition) is 4. The van der Waals surface area contributed by atoms with E-state index in [1.807, 2.05) is 10.8 Å². The van der Waals surface area contributed by atoms with Crippen molar-refractivity contribution in [3.05, 3.63) is 30.9 Å². The molecule has 1 amide bonds. The fourth-order valence-corrected chi connectivity index (χ4v) is 1.68. The van der Waals surface area contributed by atoms with Crippen LogP contribution in [0.2, 0.25) is 0 Å². The van der Waals surface area contributed by atoms with E-state index in [4.69, 9.17) is 4.74 Å². The van der Waals surface area contributed by atoms with Gasteiger partial charge in [0.1, 0.15) is 0 Å². The number of carbonyl (C=O) groups is 2. The van der Waals surface area contributed by atoms with Gasteiger partial charge >= 0.3 is 5.97 Å². The van der Waals surface area contributed by atoms with E-state index in [-0.39, 0.29) is 11.9 Å². The van der Waals surface area contributed by atoms with E-state index >= 15 is 0 Å². The number of carbonyl (C=O) groups excluding carboxylic acids is 2. The fourth-order valence-electron chi connectivity index (χ4n) is 1.68. The van der Waals surface area contributed by atoms with Crippen molar-refractivity contribution in [2.45, 2.75) is 39.2 Å². The molecule has 0 bridgehead atoms. The lowest BCUT2D eigenvalue weighted by molar-refractivity contribution is -0.138. The fraction of sp³-hybridized carbons (Fsp3) is 0.533. The number of unbranched alkanes of at least 4 members (excludes halogenated alkanes) is 1. The van der Waals surface area contributed by atoms with Crippen molar-refractivity contribution in [3.8, 4) is 0 Å². The molecule has 21 heavy (non-hydrogen) atoms. The van der Waals surface area contributed by atoms with Crippen LogP contribution in [0.15, 0.2) is 30.9 Å². The molecular weight excluding hydrogens is 270 g/mol. The number of rotatable bonds is 10. The summed E-state index contributed by atoms with van der Waals surface area (Å²) in [6, 6.07) is 0. The van der Waals surface area contributed by atoms with Crippen LogP contribution in [0.25, 0.3) is 0 Å². The molecule has 6 nitrogen and oxygen atoms in total. The molecule has 0 aromatic carbocycles. The molecule has 1 aromatic rings. The van der Waals surface area contributed by atoms with Crippen LogP contribution < -0.4 is 5.32 Å². The van der Waals surface area contributed by atoms with Gasteiger partial charge in [0.15, 0.2) is 0 Å². The van der Waals surface area contributed by atoms with Gasteiger partial charge in [0.05, 0.1) is 12.9 Å². The van der Waals surface area contributed by atoms with Gasteiger partial charge in [-0.3, -0.25) is 4.79 Å². The van der Waals surface area contributed by atoms with E-state index in [0.29, 0.717) is 31.6 Å². The summed E-state index contributed by atoms with van der Waals surface area (Å²) in [4.78, 5) is 26.6. The molecule has 1 rings (SSSR count). The van der Waals surface area contributed by atoms with Crippen molar-refractivity contribution in [1.82, 2.24) is 14.9 Å². The Labute approximate surface area is 125 Å². The molecular formula is C15H23N3O3. The van der Waals surface area contributed by atoms with E-state index in [0.717, 1.165) is 19.4 Å². The van der Waals surface area contributed by atoms with Crippen LogP contribution in [0.5, 0.6) is 0 Å². The number of hydrogen-bond donors (Lipinski definition) is 1. The lowest BCUT2D eigenvalue weighted by Crippen LogP contribution is -2.25. The Morgan fingerprint density at radius 1 is 1.33 bits per heavy atom. The van der Waals surface area contributed by atoms with Crippen molar-refractivity contribution in [2.75, 3.05) is 13.2 Å². The minimum absolute atomic E-state index is 0.0341. The van der Waals surface area contributed by atoms with E-state index < -0.39 is 0 Å². The molecule has 6 heteroatoms. The molecule has 0 aliphatic rings. The number of aryl methyl sites for hydroxylation is 1. The van der Waals surface area contributed by atoms with Crippen LogP contribution in [0, 0.1) is 0 Å². The zero-order valence-corrected chi connectivity index (χ0v) is 12.5. The van der Waals surface area contributed by atoms with Crippen LogP contribution >= 0.6 is 0 Å². The first kappa shape index (κ1) is 16.9. The Morgan fingerprint density at radius 2 is 2.14 bits per heavy atom. The van der Waals surface area contributed by atoms with Crippen molar-refractivity contribution in [2.24, 2.45) is 0 Å². The standard InChI is InChI=1S/C15H23N3O3/c1-13(2)15(20)21-11-5-7-17-14(19)6-3-4-9-18-10-8-16-12-18/h8,10,12H,1,3-7,9,11H2,2H3,(H,17,19). The lowest BCUT2D eigenvalue weighted by atomic mass is 10.2. The predicted octanol–water partition coefficient (Wildman–Crippen LogP) is 1.68. The van der Waals surface area contributed by atoms with E-state index in [9.17, 15) is 9.59 Å². The molecule has 1 heterocycles. The summed E-state index contributed by atoms with van der Waals surface area (Å²) in [5.74, 6) is -0.354. The Bertz CT molecular complexity index is 455. The maximum Gasteiger partial charge on any atom is 0.333 e. The molecule has 0 radical (unpaired) electrons. The molecule has 0 fully saturated rings. The zero-order chi connectivity index (χ0) is 15.5. The first-order valence-corrected chi connectivity index (χ1v) is 7.14. The third kappa shape index (κ3) is 7.91. The topological polar surface area (TPSA) is 73.2 Å². The molecule has 0 spiro atoms. The van der Waals surface area contributed by atoms with Gasteiger partial charge in [0, 0.05) is 37.5 Å². The van der Waals surface area contributed by atoms with Crippen LogP contribution in [0.4, 0.5) is 0 Å². The third-order valence-corrected chi connectivity index (χ3v) is 2.85. The number of nitrogens with one attached hydrogen (secondary N) is 1. The molecule has 0 saturated heterocycles. The summed E-state index contributed by atoms with van der Waals surface area (Å²) in [6.45, 7) is 6.79. The molecule has 0 atom stereocenters. The monoisotopic (exact) mass is 293 g/mol. The Hall–Kier alpha value is -2.11. The van der Waals surface area contributed by atoms with Crippen LogP contribution in [0.3, 0.4) is 0 Å². The lowest BCUT2D eigenvalue weighted by Gasteiger charge is -2.06. The minimum Gasteiger partial charge on any atom is -0.462 e. The molecule has 1 N–H and O–H groups in total. The highest BCUT2D eigenvalue weighted by atomic mass is 16.5. The Balaban J connectivity index is 1.94. The van der Waals surface area contributed by atoms with Crippen LogP contribution in [-0.4, -0.2) is 34.6 Å². The van der Waals surface area contributed by atoms with Gasteiger partial charge in [-0.05, 0) is 26.2 Å². The summed E-state index contributed by atoms with van der Waals surface area (Å²) >= 11 is 0. The van der Waals surface area contributed by atoms with Gasteiger partial charge in [0.2, 0.25) is 5.91 Å². The number of imidazole rings is 1. The number of ether oxygens (including phenoxy) is 1. The second-order valence-electron chi connectivity index (χ2n) is 4.88. The average Bonchev–Trinajstić information content (AvgIpc) is 2.96. The van der Waals surface area contributed by atoms with E-state index in [1.54, 1.807) is 19.4 Å². The van der Waals surface area contributed by atoms with E-state index in [2.05, 4.69) is 16.9 Å². The molecule has 1 aromatic heterocycles. The van der Waals surface area contributed by atoms with Crippen molar-refractivity contribution in [1.29, 1.82) is 0 Å². The number of amides is 1. The summed E-state index contributed by atoms with van der Waals surface area (Å²) < 4.78 is 6.92. The minimum atomic E-state index is -0.388.